The largest absolute Gasteiger partial charge is 0.389 e. The molecule has 1 saturated heterocycles. The Morgan fingerprint density at radius 1 is 1.31 bits per heavy atom. The van der Waals surface area contributed by atoms with Crippen molar-refractivity contribution in [3.8, 4) is 17.2 Å². The number of anilines is 1. The lowest BCUT2D eigenvalue weighted by molar-refractivity contribution is 0.140. The molecule has 32 heavy (non-hydrogen) atoms. The fourth-order valence-corrected chi connectivity index (χ4v) is 4.17. The number of hydrogen-bond acceptors (Lipinski definition) is 6. The molecule has 0 atom stereocenters. The van der Waals surface area contributed by atoms with E-state index in [-0.39, 0.29) is 29.3 Å². The molecule has 1 aliphatic heterocycles. The highest BCUT2D eigenvalue weighted by molar-refractivity contribution is 6.31. The molecule has 5 rings (SSSR count). The van der Waals surface area contributed by atoms with Crippen molar-refractivity contribution < 1.29 is 18.3 Å². The zero-order valence-electron chi connectivity index (χ0n) is 16.5. The minimum Gasteiger partial charge on any atom is -0.389 e. The molecule has 3 aromatic heterocycles. The Kier molecular flexibility index (Phi) is 4.69. The first-order chi connectivity index (χ1) is 15.3. The number of aromatic nitrogens is 4. The number of alkyl halides is 2. The second-order valence-electron chi connectivity index (χ2n) is 7.50. The van der Waals surface area contributed by atoms with Crippen molar-refractivity contribution in [1.29, 1.82) is 5.26 Å². The molecule has 4 aromatic rings. The van der Waals surface area contributed by atoms with Gasteiger partial charge < -0.3 is 10.0 Å². The second-order valence-corrected chi connectivity index (χ2v) is 7.91. The van der Waals surface area contributed by atoms with E-state index < -0.39 is 24.0 Å². The monoisotopic (exact) mass is 458 g/mol. The number of rotatable bonds is 3. The van der Waals surface area contributed by atoms with Gasteiger partial charge in [0.1, 0.15) is 29.0 Å². The third kappa shape index (κ3) is 2.97. The predicted molar refractivity (Wildman–Crippen MR) is 111 cm³/mol. The van der Waals surface area contributed by atoms with Crippen molar-refractivity contribution in [3.05, 3.63) is 52.2 Å². The van der Waals surface area contributed by atoms with E-state index in [1.54, 1.807) is 24.0 Å². The minimum absolute atomic E-state index is 0.00646. The lowest BCUT2D eigenvalue weighted by Crippen LogP contribution is -2.51. The third-order valence-electron chi connectivity index (χ3n) is 5.48. The summed E-state index contributed by atoms with van der Waals surface area (Å²) in [6, 6.07) is 6.09. The number of nitrogens with zero attached hydrogens (tertiary/aromatic N) is 6. The molecule has 0 spiro atoms. The van der Waals surface area contributed by atoms with E-state index in [0.29, 0.717) is 33.5 Å². The van der Waals surface area contributed by atoms with E-state index >= 15 is 0 Å². The molecular formula is C21H14ClF3N6O. The van der Waals surface area contributed by atoms with E-state index in [0.717, 1.165) is 0 Å². The van der Waals surface area contributed by atoms with E-state index in [9.17, 15) is 23.5 Å². The zero-order chi connectivity index (χ0) is 22.7. The highest BCUT2D eigenvalue weighted by atomic mass is 35.5. The Morgan fingerprint density at radius 3 is 2.72 bits per heavy atom. The summed E-state index contributed by atoms with van der Waals surface area (Å²) in [4.78, 5) is 10.4. The molecule has 0 aliphatic carbocycles. The zero-order valence-corrected chi connectivity index (χ0v) is 17.3. The third-order valence-corrected chi connectivity index (χ3v) is 5.77. The molecule has 0 unspecified atom stereocenters. The van der Waals surface area contributed by atoms with Gasteiger partial charge in [0, 0.05) is 30.2 Å². The first kappa shape index (κ1) is 20.5. The van der Waals surface area contributed by atoms with E-state index in [1.165, 1.54) is 22.8 Å². The number of aryl methyl sites for hydroxylation is 1. The van der Waals surface area contributed by atoms with Crippen molar-refractivity contribution in [2.45, 2.75) is 19.5 Å². The summed E-state index contributed by atoms with van der Waals surface area (Å²) in [5.74, 6) is -0.254. The summed E-state index contributed by atoms with van der Waals surface area (Å²) in [5.41, 5.74) is 0.926. The number of hydrogen-bond donors (Lipinski definition) is 1. The molecule has 0 amide bonds. The second kappa shape index (κ2) is 7.32. The molecular weight excluding hydrogens is 445 g/mol. The summed E-state index contributed by atoms with van der Waals surface area (Å²) in [7, 11) is 0. The predicted octanol–water partition coefficient (Wildman–Crippen LogP) is 4.04. The molecule has 0 bridgehead atoms. The smallest absolute Gasteiger partial charge is 0.283 e. The van der Waals surface area contributed by atoms with E-state index in [4.69, 9.17) is 11.6 Å². The number of fused-ring (bicyclic) bond motifs is 2. The van der Waals surface area contributed by atoms with Gasteiger partial charge >= 0.3 is 0 Å². The summed E-state index contributed by atoms with van der Waals surface area (Å²) < 4.78 is 42.7. The average Bonchev–Trinajstić information content (AvgIpc) is 3.10. The summed E-state index contributed by atoms with van der Waals surface area (Å²) >= 11 is 5.91. The normalized spacial score (nSPS) is 14.4. The standard InChI is InChI=1S/C21H14ClF3N6O/c1-9-17(11-2-3-27-16-5-14(22)15(23)4-12(11)16)21(30-7-10(32)8-30)31-20(28-9)13(6-26)18(29-31)19(24)25/h2-5,10,19,32H,7-8H2,1H3. The van der Waals surface area contributed by atoms with Gasteiger partial charge in [0.25, 0.3) is 6.43 Å². The lowest BCUT2D eigenvalue weighted by atomic mass is 9.98. The van der Waals surface area contributed by atoms with Gasteiger partial charge in [-0.1, -0.05) is 11.6 Å². The van der Waals surface area contributed by atoms with Crippen LogP contribution in [-0.2, 0) is 0 Å². The van der Waals surface area contributed by atoms with Crippen LogP contribution in [0.2, 0.25) is 5.02 Å². The number of aliphatic hydroxyl groups is 1. The maximum atomic E-state index is 14.3. The number of nitriles is 1. The van der Waals surface area contributed by atoms with Crippen LogP contribution in [-0.4, -0.2) is 43.9 Å². The number of benzene rings is 1. The van der Waals surface area contributed by atoms with Gasteiger partial charge in [-0.2, -0.15) is 14.9 Å². The van der Waals surface area contributed by atoms with Crippen molar-refractivity contribution >= 4 is 34.0 Å². The fraction of sp³-hybridized carbons (Fsp3) is 0.238. The molecule has 11 heteroatoms. The highest BCUT2D eigenvalue weighted by Crippen LogP contribution is 2.40. The van der Waals surface area contributed by atoms with Crippen LogP contribution in [0.5, 0.6) is 0 Å². The van der Waals surface area contributed by atoms with Gasteiger partial charge in [-0.15, -0.1) is 0 Å². The van der Waals surface area contributed by atoms with Crippen LogP contribution in [0.15, 0.2) is 24.4 Å². The van der Waals surface area contributed by atoms with Crippen molar-refractivity contribution in [1.82, 2.24) is 19.6 Å². The van der Waals surface area contributed by atoms with Crippen molar-refractivity contribution in [3.63, 3.8) is 0 Å². The summed E-state index contributed by atoms with van der Waals surface area (Å²) in [6.45, 7) is 2.14. The Bertz CT molecular complexity index is 1440. The highest BCUT2D eigenvalue weighted by Gasteiger charge is 2.33. The molecule has 162 valence electrons. The van der Waals surface area contributed by atoms with Crippen LogP contribution < -0.4 is 4.90 Å². The van der Waals surface area contributed by atoms with Gasteiger partial charge in [-0.25, -0.2) is 18.2 Å². The average molecular weight is 459 g/mol. The molecule has 0 radical (unpaired) electrons. The molecule has 0 saturated carbocycles. The Morgan fingerprint density at radius 2 is 2.06 bits per heavy atom. The Balaban J connectivity index is 1.90. The van der Waals surface area contributed by atoms with Crippen LogP contribution in [0.1, 0.15) is 23.4 Å². The fourth-order valence-electron chi connectivity index (χ4n) is 4.01. The molecule has 1 fully saturated rings. The first-order valence-corrected chi connectivity index (χ1v) is 9.96. The quantitative estimate of drug-likeness (QED) is 0.498. The van der Waals surface area contributed by atoms with Gasteiger partial charge in [-0.05, 0) is 30.7 Å². The van der Waals surface area contributed by atoms with Crippen LogP contribution in [0.25, 0.3) is 27.7 Å². The Hall–Kier alpha value is -3.42. The van der Waals surface area contributed by atoms with Gasteiger partial charge in [-0.3, -0.25) is 4.98 Å². The van der Waals surface area contributed by atoms with Crippen LogP contribution >= 0.6 is 11.6 Å². The minimum atomic E-state index is -2.97. The number of pyridine rings is 1. The van der Waals surface area contributed by atoms with Crippen LogP contribution in [0.3, 0.4) is 0 Å². The van der Waals surface area contributed by atoms with E-state index in [1.807, 2.05) is 0 Å². The molecule has 1 N–H and O–H groups in total. The van der Waals surface area contributed by atoms with Gasteiger partial charge in [0.15, 0.2) is 5.65 Å². The number of β-amino-alcohol motifs (C(OH)–C–C–N with tert-alkyl or cyclic N) is 1. The summed E-state index contributed by atoms with van der Waals surface area (Å²) in [6.07, 6.45) is -2.04. The molecule has 7 nitrogen and oxygen atoms in total. The van der Waals surface area contributed by atoms with Crippen LogP contribution in [0.4, 0.5) is 19.0 Å². The molecule has 1 aliphatic rings. The maximum Gasteiger partial charge on any atom is 0.283 e. The number of halogens is 4. The lowest BCUT2D eigenvalue weighted by Gasteiger charge is -2.39. The summed E-state index contributed by atoms with van der Waals surface area (Å²) in [5, 5.41) is 23.7. The molecule has 1 aromatic carbocycles. The van der Waals surface area contributed by atoms with Crippen LogP contribution in [0, 0.1) is 24.1 Å². The van der Waals surface area contributed by atoms with E-state index in [2.05, 4.69) is 15.1 Å². The number of aliphatic hydroxyl groups excluding tert-OH is 1. The SMILES string of the molecule is Cc1nc2c(C#N)c(C(F)F)nn2c(N2CC(O)C2)c1-c1ccnc2cc(Cl)c(F)cc12. The Labute approximate surface area is 184 Å². The maximum absolute atomic E-state index is 14.3. The topological polar surface area (TPSA) is 90.3 Å². The van der Waals surface area contributed by atoms with Crippen molar-refractivity contribution in [2.75, 3.05) is 18.0 Å². The van der Waals surface area contributed by atoms with Gasteiger partial charge in [0.05, 0.1) is 22.3 Å². The van der Waals surface area contributed by atoms with Gasteiger partial charge in [0.2, 0.25) is 0 Å². The first-order valence-electron chi connectivity index (χ1n) is 9.58. The molecule has 4 heterocycles. The van der Waals surface area contributed by atoms with Crippen molar-refractivity contribution in [2.24, 2.45) is 0 Å².